The first-order valence-electron chi connectivity index (χ1n) is 7.83. The Kier molecular flexibility index (Phi) is 4.47. The normalized spacial score (nSPS) is 22.3. The first kappa shape index (κ1) is 17.4. The van der Waals surface area contributed by atoms with E-state index in [1.807, 2.05) is 31.2 Å². The van der Waals surface area contributed by atoms with E-state index in [2.05, 4.69) is 0 Å². The van der Waals surface area contributed by atoms with Gasteiger partial charge in [0.05, 0.1) is 10.1 Å². The Morgan fingerprint density at radius 1 is 1.00 bits per heavy atom. The average molecular weight is 365 g/mol. The predicted molar refractivity (Wildman–Crippen MR) is 96.9 cm³/mol. The van der Waals surface area contributed by atoms with Crippen LogP contribution in [-0.2, 0) is 9.84 Å². The molecule has 0 radical (unpaired) electrons. The van der Waals surface area contributed by atoms with Gasteiger partial charge in [-0.1, -0.05) is 41.4 Å². The van der Waals surface area contributed by atoms with Crippen molar-refractivity contribution in [3.63, 3.8) is 0 Å². The minimum absolute atomic E-state index is 0.186. The first-order valence-corrected chi connectivity index (χ1v) is 9.75. The molecule has 6 heteroatoms. The largest absolute Gasteiger partial charge is 0.330 e. The van der Waals surface area contributed by atoms with Crippen LogP contribution >= 0.6 is 11.6 Å². The molecule has 0 unspecified atom stereocenters. The molecule has 1 fully saturated rings. The Bertz CT molecular complexity index is 828. The van der Waals surface area contributed by atoms with E-state index in [0.717, 1.165) is 11.1 Å². The van der Waals surface area contributed by atoms with Gasteiger partial charge >= 0.3 is 0 Å². The lowest BCUT2D eigenvalue weighted by atomic mass is 9.99. The number of halogens is 1. The summed E-state index contributed by atoms with van der Waals surface area (Å²) in [5.41, 5.74) is 13.4. The topological polar surface area (TPSA) is 86.2 Å². The van der Waals surface area contributed by atoms with E-state index in [4.69, 9.17) is 23.1 Å². The second-order valence-electron chi connectivity index (χ2n) is 6.45. The molecule has 2 aromatic rings. The van der Waals surface area contributed by atoms with Crippen molar-refractivity contribution in [2.75, 3.05) is 13.1 Å². The molecule has 3 rings (SSSR count). The van der Waals surface area contributed by atoms with Gasteiger partial charge in [-0.3, -0.25) is 0 Å². The van der Waals surface area contributed by atoms with Crippen LogP contribution in [0.15, 0.2) is 53.4 Å². The lowest BCUT2D eigenvalue weighted by Gasteiger charge is -2.13. The fraction of sp³-hybridized carbons (Fsp3) is 0.333. The van der Waals surface area contributed by atoms with Crippen molar-refractivity contribution in [1.29, 1.82) is 0 Å². The molecular formula is C18H21ClN2O2S. The molecule has 0 heterocycles. The molecule has 4 nitrogen and oxygen atoms in total. The molecule has 0 amide bonds. The van der Waals surface area contributed by atoms with Crippen molar-refractivity contribution in [3.8, 4) is 0 Å². The summed E-state index contributed by atoms with van der Waals surface area (Å²) in [5.74, 6) is -0.186. The summed E-state index contributed by atoms with van der Waals surface area (Å²) in [5, 5.41) is -0.104. The van der Waals surface area contributed by atoms with Gasteiger partial charge < -0.3 is 11.5 Å². The van der Waals surface area contributed by atoms with Crippen LogP contribution in [0.4, 0.5) is 0 Å². The van der Waals surface area contributed by atoms with Crippen molar-refractivity contribution in [1.82, 2.24) is 0 Å². The minimum atomic E-state index is -3.54. The zero-order valence-electron chi connectivity index (χ0n) is 13.4. The number of aryl methyl sites for hydroxylation is 1. The predicted octanol–water partition coefficient (Wildman–Crippen LogP) is 2.49. The molecule has 24 heavy (non-hydrogen) atoms. The summed E-state index contributed by atoms with van der Waals surface area (Å²) >= 11 is 5.87. The van der Waals surface area contributed by atoms with Crippen LogP contribution in [0.1, 0.15) is 17.0 Å². The van der Waals surface area contributed by atoms with Gasteiger partial charge in [0.25, 0.3) is 0 Å². The van der Waals surface area contributed by atoms with Crippen LogP contribution in [0.5, 0.6) is 0 Å². The van der Waals surface area contributed by atoms with Gasteiger partial charge in [0.15, 0.2) is 9.84 Å². The third kappa shape index (κ3) is 2.65. The summed E-state index contributed by atoms with van der Waals surface area (Å²) in [4.78, 5) is 0.262. The maximum absolute atomic E-state index is 13.1. The van der Waals surface area contributed by atoms with Crippen LogP contribution in [0.25, 0.3) is 0 Å². The van der Waals surface area contributed by atoms with E-state index in [1.54, 1.807) is 24.3 Å². The van der Waals surface area contributed by atoms with E-state index in [1.165, 1.54) is 0 Å². The van der Waals surface area contributed by atoms with Crippen molar-refractivity contribution in [2.24, 2.45) is 16.9 Å². The molecule has 0 aliphatic heterocycles. The molecule has 0 aromatic heterocycles. The molecule has 128 valence electrons. The zero-order chi connectivity index (χ0) is 17.5. The highest BCUT2D eigenvalue weighted by atomic mass is 35.5. The second kappa shape index (κ2) is 6.15. The molecule has 1 saturated carbocycles. The standard InChI is InChI=1S/C18H21ClN2O2S/c1-12-2-4-13(5-3-12)16-17(18(16,10-20)11-21)24(22,23)15-8-6-14(19)7-9-15/h2-9,16-17H,10-11,20-21H2,1H3/t16-,17+/m1/s1. The Hall–Kier alpha value is -1.40. The molecule has 2 atom stereocenters. The summed E-state index contributed by atoms with van der Waals surface area (Å²) in [7, 11) is -3.54. The molecule has 0 saturated heterocycles. The highest BCUT2D eigenvalue weighted by molar-refractivity contribution is 7.92. The Morgan fingerprint density at radius 3 is 2.04 bits per heavy atom. The SMILES string of the molecule is Cc1ccc([C@@H]2[C@H](S(=O)(=O)c3ccc(Cl)cc3)C2(CN)CN)cc1. The fourth-order valence-corrected chi connectivity index (χ4v) is 6.16. The molecular weight excluding hydrogens is 344 g/mol. The fourth-order valence-electron chi connectivity index (χ4n) is 3.56. The van der Waals surface area contributed by atoms with Crippen molar-refractivity contribution >= 4 is 21.4 Å². The van der Waals surface area contributed by atoms with Crippen molar-refractivity contribution in [2.45, 2.75) is 23.0 Å². The second-order valence-corrected chi connectivity index (χ2v) is 8.96. The monoisotopic (exact) mass is 364 g/mol. The Labute approximate surface area is 147 Å². The maximum atomic E-state index is 13.1. The van der Waals surface area contributed by atoms with Gasteiger partial charge in [-0.15, -0.1) is 0 Å². The van der Waals surface area contributed by atoms with E-state index in [9.17, 15) is 8.42 Å². The lowest BCUT2D eigenvalue weighted by Crippen LogP contribution is -2.31. The molecule has 0 bridgehead atoms. The summed E-state index contributed by atoms with van der Waals surface area (Å²) in [6.07, 6.45) is 0. The van der Waals surface area contributed by atoms with Gasteiger partial charge in [-0.25, -0.2) is 8.42 Å². The van der Waals surface area contributed by atoms with Crippen molar-refractivity contribution in [3.05, 3.63) is 64.7 Å². The van der Waals surface area contributed by atoms with Crippen LogP contribution in [0, 0.1) is 12.3 Å². The number of hydrogen-bond acceptors (Lipinski definition) is 4. The molecule has 4 N–H and O–H groups in total. The van der Waals surface area contributed by atoms with Crippen LogP contribution in [0.3, 0.4) is 0 Å². The first-order chi connectivity index (χ1) is 11.4. The summed E-state index contributed by atoms with van der Waals surface area (Å²) in [6.45, 7) is 2.47. The summed E-state index contributed by atoms with van der Waals surface area (Å²) in [6, 6.07) is 14.2. The van der Waals surface area contributed by atoms with Gasteiger partial charge in [0.1, 0.15) is 0 Å². The third-order valence-corrected chi connectivity index (χ3v) is 7.64. The number of benzene rings is 2. The number of hydrogen-bond donors (Lipinski definition) is 2. The number of nitrogens with two attached hydrogens (primary N) is 2. The third-order valence-electron chi connectivity index (χ3n) is 5.05. The van der Waals surface area contributed by atoms with E-state index in [0.29, 0.717) is 5.02 Å². The van der Waals surface area contributed by atoms with E-state index < -0.39 is 20.5 Å². The zero-order valence-corrected chi connectivity index (χ0v) is 15.0. The van der Waals surface area contributed by atoms with Crippen molar-refractivity contribution < 1.29 is 8.42 Å². The van der Waals surface area contributed by atoms with E-state index >= 15 is 0 Å². The van der Waals surface area contributed by atoms with Crippen LogP contribution in [-0.4, -0.2) is 26.8 Å². The Morgan fingerprint density at radius 2 is 1.54 bits per heavy atom. The van der Waals surface area contributed by atoms with E-state index in [-0.39, 0.29) is 23.9 Å². The smallest absolute Gasteiger partial charge is 0.182 e. The highest BCUT2D eigenvalue weighted by Crippen LogP contribution is 2.62. The van der Waals surface area contributed by atoms with Crippen LogP contribution < -0.4 is 11.5 Å². The molecule has 2 aromatic carbocycles. The lowest BCUT2D eigenvalue weighted by molar-refractivity contribution is 0.510. The highest BCUT2D eigenvalue weighted by Gasteiger charge is 2.69. The number of sulfone groups is 1. The van der Waals surface area contributed by atoms with Gasteiger partial charge in [0, 0.05) is 29.4 Å². The Balaban J connectivity index is 2.04. The van der Waals surface area contributed by atoms with Crippen LogP contribution in [0.2, 0.25) is 5.02 Å². The van der Waals surface area contributed by atoms with Gasteiger partial charge in [-0.2, -0.15) is 0 Å². The quantitative estimate of drug-likeness (QED) is 0.853. The van der Waals surface area contributed by atoms with Gasteiger partial charge in [-0.05, 0) is 36.8 Å². The molecule has 1 aliphatic carbocycles. The number of rotatable bonds is 5. The molecule has 1 aliphatic rings. The maximum Gasteiger partial charge on any atom is 0.182 e. The average Bonchev–Trinajstić information content (AvgIpc) is 3.26. The van der Waals surface area contributed by atoms with Gasteiger partial charge in [0.2, 0.25) is 0 Å². The summed E-state index contributed by atoms with van der Waals surface area (Å²) < 4.78 is 26.3. The minimum Gasteiger partial charge on any atom is -0.330 e. The molecule has 0 spiro atoms.